The molecule has 0 aromatic heterocycles. The first-order valence-electron chi connectivity index (χ1n) is 5.97. The standard InChI is InChI=1S/C12H12BrClN2O3S/c13-9-1-2-12(11(14)7-9)20(18,19)16-5-3-10(4-6-16)15-8-17/h1-2,7,10H,3-6H2. The van der Waals surface area contributed by atoms with Crippen molar-refractivity contribution in [2.24, 2.45) is 4.99 Å². The van der Waals surface area contributed by atoms with Gasteiger partial charge in [0.05, 0.1) is 11.1 Å². The Kier molecular flexibility index (Phi) is 4.99. The van der Waals surface area contributed by atoms with Gasteiger partial charge in [0.2, 0.25) is 16.1 Å². The lowest BCUT2D eigenvalue weighted by molar-refractivity contribution is 0.320. The van der Waals surface area contributed by atoms with Crippen molar-refractivity contribution in [2.45, 2.75) is 23.8 Å². The van der Waals surface area contributed by atoms with Crippen LogP contribution >= 0.6 is 27.5 Å². The molecule has 0 spiro atoms. The van der Waals surface area contributed by atoms with Gasteiger partial charge in [-0.2, -0.15) is 4.31 Å². The number of aliphatic imine (C=N–C) groups is 1. The topological polar surface area (TPSA) is 66.8 Å². The molecule has 1 fully saturated rings. The van der Waals surface area contributed by atoms with Gasteiger partial charge in [0.15, 0.2) is 0 Å². The highest BCUT2D eigenvalue weighted by Gasteiger charge is 2.30. The Morgan fingerprint density at radius 1 is 1.35 bits per heavy atom. The second-order valence-corrected chi connectivity index (χ2v) is 7.66. The van der Waals surface area contributed by atoms with E-state index in [4.69, 9.17) is 11.6 Å². The van der Waals surface area contributed by atoms with E-state index >= 15 is 0 Å². The van der Waals surface area contributed by atoms with Gasteiger partial charge in [-0.1, -0.05) is 27.5 Å². The van der Waals surface area contributed by atoms with Gasteiger partial charge in [-0.15, -0.1) is 0 Å². The Balaban J connectivity index is 2.21. The van der Waals surface area contributed by atoms with Gasteiger partial charge in [0, 0.05) is 17.6 Å². The van der Waals surface area contributed by atoms with Gasteiger partial charge in [0.25, 0.3) is 0 Å². The quantitative estimate of drug-likeness (QED) is 0.599. The van der Waals surface area contributed by atoms with Crippen molar-refractivity contribution in [1.29, 1.82) is 0 Å². The maximum absolute atomic E-state index is 12.5. The highest BCUT2D eigenvalue weighted by Crippen LogP contribution is 2.29. The molecule has 1 aromatic rings. The number of hydrogen-bond donors (Lipinski definition) is 0. The smallest absolute Gasteiger partial charge is 0.211 e. The predicted octanol–water partition coefficient (Wildman–Crippen LogP) is 2.59. The zero-order chi connectivity index (χ0) is 14.8. The van der Waals surface area contributed by atoms with Crippen molar-refractivity contribution in [2.75, 3.05) is 13.1 Å². The van der Waals surface area contributed by atoms with Crippen LogP contribution in [0.4, 0.5) is 0 Å². The van der Waals surface area contributed by atoms with E-state index in [1.54, 1.807) is 12.1 Å². The van der Waals surface area contributed by atoms with Crippen LogP contribution in [-0.4, -0.2) is 37.9 Å². The molecule has 20 heavy (non-hydrogen) atoms. The summed E-state index contributed by atoms with van der Waals surface area (Å²) in [6, 6.07) is 4.54. The summed E-state index contributed by atoms with van der Waals surface area (Å²) in [4.78, 5) is 13.9. The maximum atomic E-state index is 12.5. The molecule has 0 amide bonds. The normalized spacial score (nSPS) is 17.7. The molecular formula is C12H12BrClN2O3S. The van der Waals surface area contributed by atoms with Crippen LogP contribution in [0.1, 0.15) is 12.8 Å². The van der Waals surface area contributed by atoms with Crippen LogP contribution in [0.2, 0.25) is 5.02 Å². The van der Waals surface area contributed by atoms with Crippen molar-refractivity contribution < 1.29 is 13.2 Å². The molecule has 1 aliphatic heterocycles. The Morgan fingerprint density at radius 2 is 2.00 bits per heavy atom. The summed E-state index contributed by atoms with van der Waals surface area (Å²) in [5.74, 6) is 0. The first-order valence-corrected chi connectivity index (χ1v) is 8.58. The van der Waals surface area contributed by atoms with Gasteiger partial charge < -0.3 is 0 Å². The van der Waals surface area contributed by atoms with Crippen LogP contribution in [0, 0.1) is 0 Å². The molecule has 1 aromatic carbocycles. The lowest BCUT2D eigenvalue weighted by atomic mass is 10.1. The van der Waals surface area contributed by atoms with Crippen molar-refractivity contribution in [1.82, 2.24) is 4.31 Å². The van der Waals surface area contributed by atoms with E-state index in [9.17, 15) is 13.2 Å². The minimum absolute atomic E-state index is 0.0969. The molecule has 0 unspecified atom stereocenters. The molecule has 0 aliphatic carbocycles. The third kappa shape index (κ3) is 3.30. The fourth-order valence-corrected chi connectivity index (χ4v) is 4.59. The van der Waals surface area contributed by atoms with E-state index in [-0.39, 0.29) is 16.0 Å². The summed E-state index contributed by atoms with van der Waals surface area (Å²) in [5, 5.41) is 0.187. The van der Waals surface area contributed by atoms with Gasteiger partial charge in [-0.3, -0.25) is 0 Å². The maximum Gasteiger partial charge on any atom is 0.244 e. The van der Waals surface area contributed by atoms with E-state index in [0.717, 1.165) is 4.47 Å². The number of carbonyl (C=O) groups excluding carboxylic acids is 1. The zero-order valence-corrected chi connectivity index (χ0v) is 13.6. The highest BCUT2D eigenvalue weighted by molar-refractivity contribution is 9.10. The van der Waals surface area contributed by atoms with Gasteiger partial charge in [-0.25, -0.2) is 18.2 Å². The third-order valence-electron chi connectivity index (χ3n) is 3.17. The van der Waals surface area contributed by atoms with Crippen molar-refractivity contribution >= 4 is 43.6 Å². The molecule has 1 saturated heterocycles. The molecule has 108 valence electrons. The van der Waals surface area contributed by atoms with Crippen LogP contribution in [0.15, 0.2) is 32.6 Å². The fraction of sp³-hybridized carbons (Fsp3) is 0.417. The predicted molar refractivity (Wildman–Crippen MR) is 79.1 cm³/mol. The van der Waals surface area contributed by atoms with E-state index in [1.807, 2.05) is 0 Å². The molecule has 5 nitrogen and oxygen atoms in total. The number of halogens is 2. The molecule has 2 rings (SSSR count). The largest absolute Gasteiger partial charge is 0.244 e. The van der Waals surface area contributed by atoms with Crippen molar-refractivity contribution in [3.05, 3.63) is 27.7 Å². The van der Waals surface area contributed by atoms with Crippen molar-refractivity contribution in [3.8, 4) is 0 Å². The van der Waals surface area contributed by atoms with E-state index < -0.39 is 10.0 Å². The molecule has 0 atom stereocenters. The summed E-state index contributed by atoms with van der Waals surface area (Å²) in [6.07, 6.45) is 2.55. The molecule has 0 N–H and O–H groups in total. The molecule has 0 radical (unpaired) electrons. The number of benzene rings is 1. The average molecular weight is 380 g/mol. The number of isocyanates is 1. The van der Waals surface area contributed by atoms with E-state index in [2.05, 4.69) is 20.9 Å². The molecule has 8 heteroatoms. The Morgan fingerprint density at radius 3 is 2.55 bits per heavy atom. The Labute approximate surface area is 130 Å². The molecule has 0 bridgehead atoms. The summed E-state index contributed by atoms with van der Waals surface area (Å²) in [5.41, 5.74) is 0. The van der Waals surface area contributed by atoms with E-state index in [1.165, 1.54) is 16.5 Å². The number of hydrogen-bond acceptors (Lipinski definition) is 4. The lowest BCUT2D eigenvalue weighted by Gasteiger charge is -2.29. The number of sulfonamides is 1. The summed E-state index contributed by atoms with van der Waals surface area (Å²) >= 11 is 9.25. The summed E-state index contributed by atoms with van der Waals surface area (Å²) in [7, 11) is -3.61. The molecule has 1 heterocycles. The first-order chi connectivity index (χ1) is 9.45. The lowest BCUT2D eigenvalue weighted by Crippen LogP contribution is -2.39. The Bertz CT molecular complexity index is 651. The number of rotatable bonds is 3. The number of nitrogens with zero attached hydrogens (tertiary/aromatic N) is 2. The molecule has 0 saturated carbocycles. The van der Waals surface area contributed by atoms with Crippen LogP contribution in [0.25, 0.3) is 0 Å². The minimum atomic E-state index is -3.61. The zero-order valence-electron chi connectivity index (χ0n) is 10.4. The highest BCUT2D eigenvalue weighted by atomic mass is 79.9. The van der Waals surface area contributed by atoms with Crippen LogP contribution < -0.4 is 0 Å². The summed E-state index contributed by atoms with van der Waals surface area (Å²) < 4.78 is 27.1. The average Bonchev–Trinajstić information content (AvgIpc) is 2.39. The second kappa shape index (κ2) is 6.37. The SMILES string of the molecule is O=C=NC1CCN(S(=O)(=O)c2ccc(Br)cc2Cl)CC1. The first kappa shape index (κ1) is 15.7. The van der Waals surface area contributed by atoms with Crippen LogP contribution in [0.3, 0.4) is 0 Å². The van der Waals surface area contributed by atoms with Crippen LogP contribution in [-0.2, 0) is 14.8 Å². The number of piperidine rings is 1. The molecular weight excluding hydrogens is 368 g/mol. The third-order valence-corrected chi connectivity index (χ3v) is 6.05. The molecule has 1 aliphatic rings. The Hall–Kier alpha value is -0.720. The van der Waals surface area contributed by atoms with Crippen molar-refractivity contribution in [3.63, 3.8) is 0 Å². The van der Waals surface area contributed by atoms with E-state index in [0.29, 0.717) is 25.9 Å². The van der Waals surface area contributed by atoms with Gasteiger partial charge in [-0.05, 0) is 31.0 Å². The monoisotopic (exact) mass is 378 g/mol. The fourth-order valence-electron chi connectivity index (χ4n) is 2.11. The summed E-state index contributed by atoms with van der Waals surface area (Å²) in [6.45, 7) is 0.648. The van der Waals surface area contributed by atoms with Gasteiger partial charge in [0.1, 0.15) is 4.90 Å². The minimum Gasteiger partial charge on any atom is -0.211 e. The van der Waals surface area contributed by atoms with Gasteiger partial charge >= 0.3 is 0 Å². The van der Waals surface area contributed by atoms with Crippen LogP contribution in [0.5, 0.6) is 0 Å². The second-order valence-electron chi connectivity index (χ2n) is 4.43.